The van der Waals surface area contributed by atoms with Gasteiger partial charge in [0.25, 0.3) is 0 Å². The summed E-state index contributed by atoms with van der Waals surface area (Å²) in [5.74, 6) is 2.03. The molecule has 1 N–H and O–H groups in total. The van der Waals surface area contributed by atoms with Crippen LogP contribution in [0.25, 0.3) is 0 Å². The van der Waals surface area contributed by atoms with Crippen LogP contribution in [0, 0.1) is 5.92 Å². The number of nitrogens with zero attached hydrogens (tertiary/aromatic N) is 2. The molecule has 1 aromatic heterocycles. The molecule has 3 heteroatoms. The van der Waals surface area contributed by atoms with Crippen molar-refractivity contribution in [2.75, 3.05) is 5.32 Å². The third kappa shape index (κ3) is 1.76. The van der Waals surface area contributed by atoms with Gasteiger partial charge in [-0.15, -0.1) is 0 Å². The first kappa shape index (κ1) is 9.56. The van der Waals surface area contributed by atoms with E-state index < -0.39 is 0 Å². The Morgan fingerprint density at radius 1 is 1.64 bits per heavy atom. The number of hydrogen-bond acceptors (Lipinski definition) is 2. The minimum Gasteiger partial charge on any atom is -0.368 e. The second kappa shape index (κ2) is 4.03. The predicted molar refractivity (Wildman–Crippen MR) is 58.3 cm³/mol. The molecule has 0 radical (unpaired) electrons. The molecule has 2 rings (SSSR count). The number of nitrogens with one attached hydrogen (secondary N) is 1. The van der Waals surface area contributed by atoms with Crippen molar-refractivity contribution < 1.29 is 0 Å². The minimum absolute atomic E-state index is 0.589. The lowest BCUT2D eigenvalue weighted by Gasteiger charge is -2.32. The number of aryl methyl sites for hydroxylation is 1. The first-order chi connectivity index (χ1) is 6.81. The maximum Gasteiger partial charge on any atom is 0.124 e. The first-order valence-corrected chi connectivity index (χ1v) is 5.59. The van der Waals surface area contributed by atoms with Gasteiger partial charge >= 0.3 is 0 Å². The van der Waals surface area contributed by atoms with Gasteiger partial charge in [-0.05, 0) is 32.6 Å². The Morgan fingerprint density at radius 2 is 2.43 bits per heavy atom. The van der Waals surface area contributed by atoms with Crippen LogP contribution in [0.2, 0.25) is 0 Å². The fourth-order valence-corrected chi connectivity index (χ4v) is 2.00. The molecule has 3 nitrogen and oxygen atoms in total. The van der Waals surface area contributed by atoms with Gasteiger partial charge in [-0.25, -0.2) is 0 Å². The summed E-state index contributed by atoms with van der Waals surface area (Å²) in [6, 6.07) is 2.64. The van der Waals surface area contributed by atoms with Gasteiger partial charge < -0.3 is 5.32 Å². The monoisotopic (exact) mass is 193 g/mol. The van der Waals surface area contributed by atoms with Gasteiger partial charge in [0.2, 0.25) is 0 Å². The molecular formula is C11H19N3. The summed E-state index contributed by atoms with van der Waals surface area (Å²) in [6.07, 6.45) is 6.03. The molecule has 1 atom stereocenters. The Hall–Kier alpha value is -0.990. The number of anilines is 1. The SMILES string of the molecule is CCn1nccc1NC(C)C1CCC1. The van der Waals surface area contributed by atoms with E-state index in [2.05, 4.69) is 30.3 Å². The number of aromatic nitrogens is 2. The van der Waals surface area contributed by atoms with Crippen LogP contribution in [-0.4, -0.2) is 15.8 Å². The van der Waals surface area contributed by atoms with E-state index in [1.807, 2.05) is 10.9 Å². The summed E-state index contributed by atoms with van der Waals surface area (Å²) in [6.45, 7) is 5.33. The minimum atomic E-state index is 0.589. The fourth-order valence-electron chi connectivity index (χ4n) is 2.00. The van der Waals surface area contributed by atoms with Crippen LogP contribution in [0.15, 0.2) is 12.3 Å². The highest BCUT2D eigenvalue weighted by Crippen LogP contribution is 2.30. The molecule has 0 aromatic carbocycles. The summed E-state index contributed by atoms with van der Waals surface area (Å²) in [4.78, 5) is 0. The highest BCUT2D eigenvalue weighted by Gasteiger charge is 2.24. The summed E-state index contributed by atoms with van der Waals surface area (Å²) >= 11 is 0. The molecule has 0 saturated heterocycles. The zero-order valence-electron chi connectivity index (χ0n) is 9.03. The van der Waals surface area contributed by atoms with Crippen LogP contribution in [0.1, 0.15) is 33.1 Å². The van der Waals surface area contributed by atoms with Gasteiger partial charge in [0, 0.05) is 18.7 Å². The van der Waals surface area contributed by atoms with E-state index in [0.717, 1.165) is 18.3 Å². The highest BCUT2D eigenvalue weighted by atomic mass is 15.3. The molecule has 1 aliphatic carbocycles. The second-order valence-corrected chi connectivity index (χ2v) is 4.16. The molecule has 1 unspecified atom stereocenters. The van der Waals surface area contributed by atoms with Crippen molar-refractivity contribution in [2.24, 2.45) is 5.92 Å². The third-order valence-corrected chi connectivity index (χ3v) is 3.25. The zero-order chi connectivity index (χ0) is 9.97. The van der Waals surface area contributed by atoms with Crippen molar-refractivity contribution in [1.29, 1.82) is 0 Å². The Kier molecular flexibility index (Phi) is 2.75. The summed E-state index contributed by atoms with van der Waals surface area (Å²) in [5, 5.41) is 7.79. The molecule has 1 aliphatic rings. The van der Waals surface area contributed by atoms with E-state index in [1.54, 1.807) is 0 Å². The van der Waals surface area contributed by atoms with E-state index in [-0.39, 0.29) is 0 Å². The zero-order valence-corrected chi connectivity index (χ0v) is 9.03. The van der Waals surface area contributed by atoms with E-state index in [9.17, 15) is 0 Å². The van der Waals surface area contributed by atoms with Gasteiger partial charge in [0.1, 0.15) is 5.82 Å². The highest BCUT2D eigenvalue weighted by molar-refractivity contribution is 5.35. The van der Waals surface area contributed by atoms with E-state index in [4.69, 9.17) is 0 Å². The average molecular weight is 193 g/mol. The quantitative estimate of drug-likeness (QED) is 0.796. The molecule has 0 amide bonds. The topological polar surface area (TPSA) is 29.9 Å². The number of rotatable bonds is 4. The molecule has 1 fully saturated rings. The van der Waals surface area contributed by atoms with Crippen LogP contribution < -0.4 is 5.32 Å². The molecule has 1 heterocycles. The van der Waals surface area contributed by atoms with Crippen LogP contribution in [-0.2, 0) is 6.54 Å². The summed E-state index contributed by atoms with van der Waals surface area (Å²) < 4.78 is 2.01. The molecule has 1 saturated carbocycles. The maximum absolute atomic E-state index is 4.25. The molecule has 14 heavy (non-hydrogen) atoms. The van der Waals surface area contributed by atoms with Crippen molar-refractivity contribution in [3.63, 3.8) is 0 Å². The van der Waals surface area contributed by atoms with Gasteiger partial charge in [-0.2, -0.15) is 5.10 Å². The predicted octanol–water partition coefficient (Wildman–Crippen LogP) is 2.50. The first-order valence-electron chi connectivity index (χ1n) is 5.59. The number of hydrogen-bond donors (Lipinski definition) is 1. The Balaban J connectivity index is 1.95. The van der Waals surface area contributed by atoms with Crippen molar-refractivity contribution in [2.45, 2.75) is 45.7 Å². The van der Waals surface area contributed by atoms with Gasteiger partial charge in [0.05, 0.1) is 6.20 Å². The fraction of sp³-hybridized carbons (Fsp3) is 0.727. The lowest BCUT2D eigenvalue weighted by molar-refractivity contribution is 0.284. The van der Waals surface area contributed by atoms with E-state index in [0.29, 0.717) is 6.04 Å². The van der Waals surface area contributed by atoms with Crippen molar-refractivity contribution >= 4 is 5.82 Å². The Bertz CT molecular complexity index is 288. The molecular weight excluding hydrogens is 174 g/mol. The Morgan fingerprint density at radius 3 is 3.00 bits per heavy atom. The van der Waals surface area contributed by atoms with Crippen LogP contribution in [0.5, 0.6) is 0 Å². The molecule has 0 spiro atoms. The van der Waals surface area contributed by atoms with Crippen molar-refractivity contribution in [3.8, 4) is 0 Å². The van der Waals surface area contributed by atoms with Crippen LogP contribution >= 0.6 is 0 Å². The van der Waals surface area contributed by atoms with Crippen molar-refractivity contribution in [3.05, 3.63) is 12.3 Å². The average Bonchev–Trinajstić information content (AvgIpc) is 2.48. The maximum atomic E-state index is 4.25. The van der Waals surface area contributed by atoms with E-state index in [1.165, 1.54) is 19.3 Å². The molecule has 78 valence electrons. The van der Waals surface area contributed by atoms with Crippen LogP contribution in [0.4, 0.5) is 5.82 Å². The van der Waals surface area contributed by atoms with Crippen molar-refractivity contribution in [1.82, 2.24) is 9.78 Å². The van der Waals surface area contributed by atoms with E-state index >= 15 is 0 Å². The summed E-state index contributed by atoms with van der Waals surface area (Å²) in [5.41, 5.74) is 0. The van der Waals surface area contributed by atoms with Gasteiger partial charge in [-0.1, -0.05) is 6.42 Å². The normalized spacial score (nSPS) is 19.0. The summed E-state index contributed by atoms with van der Waals surface area (Å²) in [7, 11) is 0. The molecule has 0 bridgehead atoms. The van der Waals surface area contributed by atoms with Gasteiger partial charge in [0.15, 0.2) is 0 Å². The lowest BCUT2D eigenvalue weighted by Crippen LogP contribution is -2.31. The standard InChI is InChI=1S/C11H19N3/c1-3-14-11(7-8-12-14)13-9(2)10-5-4-6-10/h7-10,13H,3-6H2,1-2H3. The lowest BCUT2D eigenvalue weighted by atomic mass is 9.80. The van der Waals surface area contributed by atoms with Crippen LogP contribution in [0.3, 0.4) is 0 Å². The largest absolute Gasteiger partial charge is 0.368 e. The second-order valence-electron chi connectivity index (χ2n) is 4.16. The molecule has 0 aliphatic heterocycles. The smallest absolute Gasteiger partial charge is 0.124 e. The van der Waals surface area contributed by atoms with Gasteiger partial charge in [-0.3, -0.25) is 4.68 Å². The molecule has 1 aromatic rings. The third-order valence-electron chi connectivity index (χ3n) is 3.25. The Labute approximate surface area is 85.5 Å².